The molecule has 2 heterocycles. The summed E-state index contributed by atoms with van der Waals surface area (Å²) in [5, 5.41) is 2.33. The fraction of sp³-hybridized carbons (Fsp3) is 0. The Morgan fingerprint density at radius 1 is 0.320 bits per heavy atom. The Morgan fingerprint density at radius 2 is 0.680 bits per heavy atom. The van der Waals surface area contributed by atoms with E-state index in [1.54, 1.807) is 0 Å². The summed E-state index contributed by atoms with van der Waals surface area (Å²) >= 11 is 0. The summed E-state index contributed by atoms with van der Waals surface area (Å²) in [7, 11) is 15.3. The van der Waals surface area contributed by atoms with Crippen molar-refractivity contribution in [2.75, 3.05) is 0 Å². The van der Waals surface area contributed by atoms with Gasteiger partial charge >= 0.3 is 0 Å². The molecule has 0 spiro atoms. The van der Waals surface area contributed by atoms with Gasteiger partial charge in [0.25, 0.3) is 0 Å². The van der Waals surface area contributed by atoms with Crippen molar-refractivity contribution < 1.29 is 4.42 Å². The first-order valence-electron chi connectivity index (χ1n) is 17.2. The van der Waals surface area contributed by atoms with Crippen LogP contribution in [-0.2, 0) is 0 Å². The number of hydrogen-bond acceptors (Lipinski definition) is 4. The highest BCUT2D eigenvalue weighted by atomic mass is 16.3. The van der Waals surface area contributed by atoms with Crippen LogP contribution in [0.3, 0.4) is 0 Å². The SMILES string of the molecule is Bc1c(B)c(B)c2c(oc3c(-c4nc(-c5ccc(-c6ccccc6)cc5)nc(-c5ccc(-c6ccccc6)cc5)n4)c(B)c(B)c(B)c32)c1B. The highest BCUT2D eigenvalue weighted by Gasteiger charge is 2.25. The second-order valence-corrected chi connectivity index (χ2v) is 13.5. The Kier molecular flexibility index (Phi) is 7.94. The van der Waals surface area contributed by atoms with Crippen molar-refractivity contribution >= 4 is 115 Å². The topological polar surface area (TPSA) is 51.8 Å². The number of benzene rings is 6. The van der Waals surface area contributed by atoms with Crippen molar-refractivity contribution in [3.8, 4) is 56.4 Å². The fourth-order valence-electron chi connectivity index (χ4n) is 7.23. The number of fused-ring (bicyclic) bond motifs is 3. The molecule has 0 aliphatic heterocycles. The maximum Gasteiger partial charge on any atom is 0.167 e. The fourth-order valence-corrected chi connectivity index (χ4v) is 7.23. The molecule has 8 aromatic rings. The second kappa shape index (κ2) is 12.5. The summed E-state index contributed by atoms with van der Waals surface area (Å²) in [6, 6.07) is 37.8. The third-order valence-electron chi connectivity index (χ3n) is 10.8. The van der Waals surface area contributed by atoms with Gasteiger partial charge in [0.1, 0.15) is 66.1 Å². The second-order valence-electron chi connectivity index (χ2n) is 13.5. The van der Waals surface area contributed by atoms with Crippen LogP contribution >= 0.6 is 0 Å². The number of hydrogen-bond donors (Lipinski definition) is 0. The van der Waals surface area contributed by atoms with Gasteiger partial charge in [0.15, 0.2) is 17.5 Å². The van der Waals surface area contributed by atoms with Gasteiger partial charge in [-0.3, -0.25) is 0 Å². The lowest BCUT2D eigenvalue weighted by Gasteiger charge is -2.16. The molecule has 2 aromatic heterocycles. The molecule has 0 aliphatic rings. The molecule has 0 saturated heterocycles. The highest BCUT2D eigenvalue weighted by molar-refractivity contribution is 6.69. The quantitative estimate of drug-likeness (QED) is 0.204. The van der Waals surface area contributed by atoms with E-state index >= 15 is 0 Å². The molecule has 0 N–H and O–H groups in total. The minimum absolute atomic E-state index is 0.609. The van der Waals surface area contributed by atoms with Crippen LogP contribution in [0.5, 0.6) is 0 Å². The van der Waals surface area contributed by atoms with E-state index in [0.29, 0.717) is 17.5 Å². The van der Waals surface area contributed by atoms with Gasteiger partial charge in [-0.1, -0.05) is 142 Å². The molecule has 0 radical (unpaired) electrons. The van der Waals surface area contributed by atoms with Gasteiger partial charge in [-0.15, -0.1) is 5.46 Å². The molecule has 50 heavy (non-hydrogen) atoms. The first-order valence-corrected chi connectivity index (χ1v) is 17.2. The lowest BCUT2D eigenvalue weighted by atomic mass is 9.64. The zero-order valence-corrected chi connectivity index (χ0v) is 29.6. The molecule has 0 atom stereocenters. The maximum absolute atomic E-state index is 6.92. The van der Waals surface area contributed by atoms with Gasteiger partial charge in [-0.2, -0.15) is 0 Å². The van der Waals surface area contributed by atoms with Crippen molar-refractivity contribution in [1.82, 2.24) is 15.0 Å². The third-order valence-corrected chi connectivity index (χ3v) is 10.8. The zero-order valence-electron chi connectivity index (χ0n) is 29.6. The summed E-state index contributed by atoms with van der Waals surface area (Å²) < 4.78 is 6.92. The maximum atomic E-state index is 6.92. The molecule has 0 amide bonds. The molecule has 11 heteroatoms. The lowest BCUT2D eigenvalue weighted by Crippen LogP contribution is -2.48. The van der Waals surface area contributed by atoms with Crippen molar-refractivity contribution in [1.29, 1.82) is 0 Å². The van der Waals surface area contributed by atoms with Gasteiger partial charge < -0.3 is 4.42 Å². The predicted octanol–water partition coefficient (Wildman–Crippen LogP) is -2.09. The third kappa shape index (κ3) is 5.24. The average Bonchev–Trinajstić information content (AvgIpc) is 3.57. The molecule has 6 aromatic carbocycles. The number of aromatic nitrogens is 3. The molecule has 8 rings (SSSR count). The summed E-state index contributed by atoms with van der Waals surface area (Å²) in [5.41, 5.74) is 17.7. The van der Waals surface area contributed by atoms with E-state index < -0.39 is 0 Å². The minimum Gasteiger partial charge on any atom is -0.456 e. The van der Waals surface area contributed by atoms with Crippen molar-refractivity contribution in [2.24, 2.45) is 0 Å². The van der Waals surface area contributed by atoms with E-state index in [9.17, 15) is 0 Å². The van der Waals surface area contributed by atoms with Crippen LogP contribution in [0.25, 0.3) is 78.4 Å². The number of rotatable bonds is 5. The zero-order chi connectivity index (χ0) is 34.7. The van der Waals surface area contributed by atoms with Crippen molar-refractivity contribution in [3.63, 3.8) is 0 Å². The van der Waals surface area contributed by atoms with Gasteiger partial charge in [0.05, 0.1) is 5.56 Å². The van der Waals surface area contributed by atoms with Crippen LogP contribution in [0.2, 0.25) is 0 Å². The number of nitrogens with zero attached hydrogens (tertiary/aromatic N) is 3. The van der Waals surface area contributed by atoms with Crippen molar-refractivity contribution in [3.05, 3.63) is 109 Å². The van der Waals surface area contributed by atoms with E-state index in [-0.39, 0.29) is 0 Å². The molecule has 4 nitrogen and oxygen atoms in total. The smallest absolute Gasteiger partial charge is 0.167 e. The summed E-state index contributed by atoms with van der Waals surface area (Å²) in [5.74, 6) is 1.85. The minimum atomic E-state index is 0.609. The highest BCUT2D eigenvalue weighted by Crippen LogP contribution is 2.33. The molecule has 0 fully saturated rings. The van der Waals surface area contributed by atoms with Gasteiger partial charge in [-0.25, -0.2) is 15.0 Å². The monoisotopic (exact) mass is 635 g/mol. The normalized spacial score (nSPS) is 11.4. The molecule has 230 valence electrons. The first-order chi connectivity index (χ1) is 24.2. The van der Waals surface area contributed by atoms with Crippen LogP contribution in [0, 0.1) is 0 Å². The molecular formula is C39H32B7N3O. The molecule has 0 aliphatic carbocycles. The van der Waals surface area contributed by atoms with Gasteiger partial charge in [0, 0.05) is 21.9 Å². The first kappa shape index (κ1) is 31.8. The lowest BCUT2D eigenvalue weighted by molar-refractivity contribution is 0.673. The Hall–Kier alpha value is -5.42. The van der Waals surface area contributed by atoms with Crippen LogP contribution in [-0.4, -0.2) is 69.9 Å². The Bertz CT molecular complexity index is 2490. The van der Waals surface area contributed by atoms with Gasteiger partial charge in [-0.05, 0) is 22.3 Å². The molecule has 0 bridgehead atoms. The molecule has 0 saturated carbocycles. The van der Waals surface area contributed by atoms with E-state index in [0.717, 1.165) is 49.8 Å². The summed E-state index contributed by atoms with van der Waals surface area (Å²) in [6.07, 6.45) is 0. The molecular weight excluding hydrogens is 602 g/mol. The van der Waals surface area contributed by atoms with E-state index in [4.69, 9.17) is 19.4 Å². The average molecular weight is 634 g/mol. The van der Waals surface area contributed by atoms with Crippen LogP contribution in [0.1, 0.15) is 0 Å². The van der Waals surface area contributed by atoms with Gasteiger partial charge in [0.2, 0.25) is 0 Å². The van der Waals surface area contributed by atoms with Crippen molar-refractivity contribution in [2.45, 2.75) is 0 Å². The van der Waals surface area contributed by atoms with Crippen LogP contribution in [0.4, 0.5) is 0 Å². The predicted molar refractivity (Wildman–Crippen MR) is 232 cm³/mol. The standard InChI is InChI=1S/C39H32B7N3O/c40-28-25-26-29(41)32(44)33(45)34(46)36(26)50-35(25)27(30(42)31(28)43)39-48-37(23-15-11-21(12-16-23)19-7-3-1-4-8-19)47-38(49-39)24-17-13-22(14-18-24)20-9-5-2-6-10-20/h1-18H,40-46H2. The summed E-state index contributed by atoms with van der Waals surface area (Å²) in [6.45, 7) is 0. The van der Waals surface area contributed by atoms with E-state index in [2.05, 4.69) is 152 Å². The van der Waals surface area contributed by atoms with E-state index in [1.807, 2.05) is 12.1 Å². The summed E-state index contributed by atoms with van der Waals surface area (Å²) in [4.78, 5) is 15.5. The Morgan fingerprint density at radius 3 is 1.16 bits per heavy atom. The van der Waals surface area contributed by atoms with Crippen LogP contribution < -0.4 is 38.2 Å². The van der Waals surface area contributed by atoms with Crippen LogP contribution in [0.15, 0.2) is 114 Å². The van der Waals surface area contributed by atoms with E-state index in [1.165, 1.54) is 49.3 Å². The number of furan rings is 1. The largest absolute Gasteiger partial charge is 0.456 e. The Balaban J connectivity index is 1.37. The molecule has 0 unspecified atom stereocenters. The Labute approximate surface area is 299 Å².